The smallest absolute Gasteiger partial charge is 0.416 e. The Morgan fingerprint density at radius 3 is 2.26 bits per heavy atom. The van der Waals surface area contributed by atoms with Crippen molar-refractivity contribution < 1.29 is 27.4 Å². The molecule has 0 amide bonds. The minimum absolute atomic E-state index is 0.00429. The van der Waals surface area contributed by atoms with Crippen molar-refractivity contribution in [3.63, 3.8) is 0 Å². The van der Waals surface area contributed by atoms with E-state index >= 15 is 0 Å². The van der Waals surface area contributed by atoms with Gasteiger partial charge in [0.25, 0.3) is 0 Å². The van der Waals surface area contributed by atoms with Gasteiger partial charge in [0.1, 0.15) is 18.5 Å². The van der Waals surface area contributed by atoms with Gasteiger partial charge in [0.05, 0.1) is 12.2 Å². The van der Waals surface area contributed by atoms with E-state index in [1.807, 2.05) is 13.1 Å². The molecule has 0 bridgehead atoms. The van der Waals surface area contributed by atoms with Gasteiger partial charge in [-0.15, -0.1) is 0 Å². The van der Waals surface area contributed by atoms with Crippen LogP contribution >= 0.6 is 0 Å². The highest BCUT2D eigenvalue weighted by Gasteiger charge is 2.39. The van der Waals surface area contributed by atoms with E-state index in [0.29, 0.717) is 0 Å². The Labute approximate surface area is 136 Å². The molecular weight excluding hydrogens is 325 g/mol. The van der Waals surface area contributed by atoms with E-state index in [2.05, 4.69) is 20.8 Å². The van der Waals surface area contributed by atoms with Crippen molar-refractivity contribution in [1.29, 1.82) is 0 Å². The molecule has 0 heterocycles. The highest BCUT2D eigenvalue weighted by molar-refractivity contribution is 6.74. The molecule has 1 N–H and O–H groups in total. The molecule has 0 spiro atoms. The van der Waals surface area contributed by atoms with Crippen molar-refractivity contribution in [3.05, 3.63) is 29.8 Å². The molecule has 0 aliphatic carbocycles. The summed E-state index contributed by atoms with van der Waals surface area (Å²) in [5.74, 6) is 0.108. The fourth-order valence-corrected chi connectivity index (χ4v) is 3.00. The molecule has 0 aliphatic rings. The van der Waals surface area contributed by atoms with E-state index in [1.165, 1.54) is 12.1 Å². The van der Waals surface area contributed by atoms with Gasteiger partial charge in [-0.1, -0.05) is 26.8 Å². The van der Waals surface area contributed by atoms with Crippen LogP contribution in [0.5, 0.6) is 5.75 Å². The van der Waals surface area contributed by atoms with Crippen LogP contribution in [0.2, 0.25) is 18.1 Å². The zero-order valence-electron chi connectivity index (χ0n) is 14.2. The molecule has 1 rings (SSSR count). The molecule has 1 aromatic carbocycles. The van der Waals surface area contributed by atoms with Gasteiger partial charge in [-0.2, -0.15) is 13.2 Å². The fraction of sp³-hybridized carbons (Fsp3) is 0.625. The molecule has 0 aromatic heterocycles. The van der Waals surface area contributed by atoms with Gasteiger partial charge in [-0.25, -0.2) is 0 Å². The van der Waals surface area contributed by atoms with Crippen LogP contribution in [0.1, 0.15) is 26.3 Å². The van der Waals surface area contributed by atoms with Crippen LogP contribution in [0.15, 0.2) is 24.3 Å². The average molecular weight is 350 g/mol. The Bertz CT molecular complexity index is 510. The number of rotatable bonds is 6. The van der Waals surface area contributed by atoms with Gasteiger partial charge in [-0.05, 0) is 36.3 Å². The summed E-state index contributed by atoms with van der Waals surface area (Å²) in [6.07, 6.45) is -4.97. The molecule has 0 saturated heterocycles. The molecule has 0 aliphatic heterocycles. The Balaban J connectivity index is 2.72. The van der Waals surface area contributed by atoms with Crippen LogP contribution in [-0.2, 0) is 10.6 Å². The fourth-order valence-electron chi connectivity index (χ4n) is 1.67. The number of ether oxygens (including phenoxy) is 1. The summed E-state index contributed by atoms with van der Waals surface area (Å²) in [6.45, 7) is 10.1. The summed E-state index contributed by atoms with van der Waals surface area (Å²) < 4.78 is 49.4. The van der Waals surface area contributed by atoms with Crippen LogP contribution in [0.4, 0.5) is 13.2 Å². The first-order chi connectivity index (χ1) is 10.4. The molecule has 1 unspecified atom stereocenters. The van der Waals surface area contributed by atoms with Crippen molar-refractivity contribution in [2.24, 2.45) is 0 Å². The first-order valence-corrected chi connectivity index (χ1v) is 10.4. The summed E-state index contributed by atoms with van der Waals surface area (Å²) in [6, 6.07) is 4.68. The van der Waals surface area contributed by atoms with Gasteiger partial charge in [-0.3, -0.25) is 0 Å². The molecule has 0 saturated carbocycles. The highest BCUT2D eigenvalue weighted by atomic mass is 28.4. The monoisotopic (exact) mass is 350 g/mol. The first kappa shape index (κ1) is 20.0. The molecular formula is C16H25F3O3Si. The van der Waals surface area contributed by atoms with Gasteiger partial charge in [0, 0.05) is 0 Å². The van der Waals surface area contributed by atoms with Crippen LogP contribution in [-0.4, -0.2) is 32.7 Å². The third-order valence-corrected chi connectivity index (χ3v) is 8.60. The minimum Gasteiger partial charge on any atom is -0.491 e. The minimum atomic E-state index is -4.41. The van der Waals surface area contributed by atoms with Gasteiger partial charge < -0.3 is 14.3 Å². The largest absolute Gasteiger partial charge is 0.491 e. The number of hydrogen-bond donors (Lipinski definition) is 1. The molecule has 132 valence electrons. The zero-order chi connectivity index (χ0) is 17.9. The molecule has 7 heteroatoms. The topological polar surface area (TPSA) is 38.7 Å². The third-order valence-electron chi connectivity index (χ3n) is 4.07. The zero-order valence-corrected chi connectivity index (χ0v) is 15.2. The van der Waals surface area contributed by atoms with Crippen molar-refractivity contribution in [1.82, 2.24) is 0 Å². The van der Waals surface area contributed by atoms with Gasteiger partial charge >= 0.3 is 6.18 Å². The number of aliphatic hydroxyl groups excluding tert-OH is 1. The summed E-state index contributed by atoms with van der Waals surface area (Å²) >= 11 is 0. The normalized spacial score (nSPS) is 14.7. The average Bonchev–Trinajstić information content (AvgIpc) is 2.41. The quantitative estimate of drug-likeness (QED) is 0.770. The second-order valence-corrected chi connectivity index (χ2v) is 11.8. The Kier molecular flexibility index (Phi) is 6.29. The van der Waals surface area contributed by atoms with E-state index in [-0.39, 0.29) is 24.0 Å². The van der Waals surface area contributed by atoms with Gasteiger partial charge in [0.15, 0.2) is 8.32 Å². The first-order valence-electron chi connectivity index (χ1n) is 7.45. The standard InChI is InChI=1S/C16H25F3O3Si/c1-15(2,3)23(4,5)22-14(10-20)11-21-13-8-6-7-12(9-13)16(17,18)19/h6-9,14,20H,10-11H2,1-5H3. The second-order valence-electron chi connectivity index (χ2n) is 7.02. The van der Waals surface area contributed by atoms with Crippen LogP contribution in [0.3, 0.4) is 0 Å². The van der Waals surface area contributed by atoms with E-state index in [0.717, 1.165) is 12.1 Å². The third kappa shape index (κ3) is 5.82. The summed E-state index contributed by atoms with van der Waals surface area (Å²) in [7, 11) is -2.09. The molecule has 23 heavy (non-hydrogen) atoms. The second kappa shape index (κ2) is 7.23. The van der Waals surface area contributed by atoms with E-state index in [9.17, 15) is 18.3 Å². The summed E-state index contributed by atoms with van der Waals surface area (Å²) in [5.41, 5.74) is -0.763. The molecule has 1 atom stereocenters. The molecule has 1 aromatic rings. The number of halogens is 3. The van der Waals surface area contributed by atoms with Crippen molar-refractivity contribution in [2.45, 2.75) is 51.2 Å². The van der Waals surface area contributed by atoms with E-state index < -0.39 is 26.2 Å². The summed E-state index contributed by atoms with van der Waals surface area (Å²) in [5, 5.41) is 9.42. The SMILES string of the molecule is CC(C)(C)[Si](C)(C)OC(CO)COc1cccc(C(F)(F)F)c1. The maximum absolute atomic E-state index is 12.7. The lowest BCUT2D eigenvalue weighted by atomic mass is 10.2. The van der Waals surface area contributed by atoms with E-state index in [1.54, 1.807) is 0 Å². The number of benzene rings is 1. The van der Waals surface area contributed by atoms with Crippen molar-refractivity contribution in [3.8, 4) is 5.75 Å². The van der Waals surface area contributed by atoms with Crippen LogP contribution in [0, 0.1) is 0 Å². The lowest BCUT2D eigenvalue weighted by Gasteiger charge is -2.38. The van der Waals surface area contributed by atoms with E-state index in [4.69, 9.17) is 9.16 Å². The maximum Gasteiger partial charge on any atom is 0.416 e. The lowest BCUT2D eigenvalue weighted by molar-refractivity contribution is -0.137. The van der Waals surface area contributed by atoms with Crippen molar-refractivity contribution >= 4 is 8.32 Å². The Morgan fingerprint density at radius 2 is 1.78 bits per heavy atom. The molecule has 3 nitrogen and oxygen atoms in total. The number of alkyl halides is 3. The highest BCUT2D eigenvalue weighted by Crippen LogP contribution is 2.37. The predicted molar refractivity (Wildman–Crippen MR) is 86.1 cm³/mol. The molecule has 0 fully saturated rings. The maximum atomic E-state index is 12.7. The Morgan fingerprint density at radius 1 is 1.17 bits per heavy atom. The van der Waals surface area contributed by atoms with Crippen LogP contribution < -0.4 is 4.74 Å². The summed E-state index contributed by atoms with van der Waals surface area (Å²) in [4.78, 5) is 0. The van der Waals surface area contributed by atoms with Crippen molar-refractivity contribution in [2.75, 3.05) is 13.2 Å². The lowest BCUT2D eigenvalue weighted by Crippen LogP contribution is -2.46. The number of hydrogen-bond acceptors (Lipinski definition) is 3. The number of aliphatic hydroxyl groups is 1. The predicted octanol–water partition coefficient (Wildman–Crippen LogP) is 4.47. The van der Waals surface area contributed by atoms with Crippen LogP contribution in [0.25, 0.3) is 0 Å². The van der Waals surface area contributed by atoms with Gasteiger partial charge in [0.2, 0.25) is 0 Å². The Hall–Kier alpha value is -1.05. The molecule has 0 radical (unpaired) electrons.